The molecule has 6 nitrogen and oxygen atoms in total. The van der Waals surface area contributed by atoms with E-state index in [1.165, 1.54) is 0 Å². The first kappa shape index (κ1) is 26.7. The monoisotopic (exact) mass is 554 g/mol. The molecule has 0 aliphatic rings. The maximum Gasteiger partial charge on any atom is 0.262 e. The second kappa shape index (κ2) is 11.8. The van der Waals surface area contributed by atoms with Gasteiger partial charge in [0, 0.05) is 49.8 Å². The molecule has 2 N–H and O–H groups in total. The molecule has 0 spiro atoms. The van der Waals surface area contributed by atoms with Crippen molar-refractivity contribution < 1.29 is 9.59 Å². The Morgan fingerprint density at radius 2 is 1.68 bits per heavy atom. The van der Waals surface area contributed by atoms with Gasteiger partial charge in [0.15, 0.2) is 0 Å². The molecule has 0 bridgehead atoms. The molecule has 1 unspecified atom stereocenters. The van der Waals surface area contributed by atoms with Crippen molar-refractivity contribution >= 4 is 63.7 Å². The zero-order valence-corrected chi connectivity index (χ0v) is 22.5. The molecule has 2 amide bonds. The zero-order valence-electron chi connectivity index (χ0n) is 20.2. The number of benzene rings is 3. The number of para-hydroxylation sites is 1. The third-order valence-corrected chi connectivity index (χ3v) is 6.73. The number of amides is 2. The number of aromatic nitrogens is 1. The highest BCUT2D eigenvalue weighted by molar-refractivity contribution is 6.35. The Labute approximate surface area is 230 Å². The highest BCUT2D eigenvalue weighted by atomic mass is 35.5. The summed E-state index contributed by atoms with van der Waals surface area (Å²) < 4.78 is 2.07. The SMILES string of the molecule is CC(C)C(NC(=O)c1ccc(Cl)cc1)C(=O)NN=Cc1cn(Cc2ccc(Cl)cc2Cl)c2ccccc12. The summed E-state index contributed by atoms with van der Waals surface area (Å²) in [7, 11) is 0. The predicted molar refractivity (Wildman–Crippen MR) is 151 cm³/mol. The second-order valence-electron chi connectivity index (χ2n) is 8.90. The number of carbonyl (C=O) groups is 2. The van der Waals surface area contributed by atoms with E-state index in [-0.39, 0.29) is 11.8 Å². The number of nitrogens with zero attached hydrogens (tertiary/aromatic N) is 2. The van der Waals surface area contributed by atoms with Gasteiger partial charge in [-0.05, 0) is 53.9 Å². The minimum absolute atomic E-state index is 0.155. The number of rotatable bonds is 8. The van der Waals surface area contributed by atoms with E-state index in [0.717, 1.165) is 22.0 Å². The summed E-state index contributed by atoms with van der Waals surface area (Å²) in [6.07, 6.45) is 3.55. The molecule has 1 atom stereocenters. The Balaban J connectivity index is 1.49. The molecule has 4 rings (SSSR count). The van der Waals surface area contributed by atoms with Crippen molar-refractivity contribution in [2.24, 2.45) is 11.0 Å². The fourth-order valence-electron chi connectivity index (χ4n) is 3.94. The van der Waals surface area contributed by atoms with Crippen molar-refractivity contribution in [3.8, 4) is 0 Å². The van der Waals surface area contributed by atoms with Crippen molar-refractivity contribution in [3.05, 3.63) is 105 Å². The van der Waals surface area contributed by atoms with Crippen molar-refractivity contribution in [2.45, 2.75) is 26.4 Å². The molecule has 1 aromatic heterocycles. The summed E-state index contributed by atoms with van der Waals surface area (Å²) in [5.41, 5.74) is 5.74. The maximum atomic E-state index is 12.9. The largest absolute Gasteiger partial charge is 0.342 e. The summed E-state index contributed by atoms with van der Waals surface area (Å²) in [6, 6.07) is 19.0. The van der Waals surface area contributed by atoms with E-state index >= 15 is 0 Å². The van der Waals surface area contributed by atoms with E-state index < -0.39 is 11.9 Å². The Bertz CT molecular complexity index is 1460. The van der Waals surface area contributed by atoms with Crippen molar-refractivity contribution in [1.29, 1.82) is 0 Å². The van der Waals surface area contributed by atoms with Crippen LogP contribution in [0.2, 0.25) is 15.1 Å². The molecule has 0 fully saturated rings. The highest BCUT2D eigenvalue weighted by Gasteiger charge is 2.24. The van der Waals surface area contributed by atoms with E-state index in [9.17, 15) is 9.59 Å². The first-order valence-electron chi connectivity index (χ1n) is 11.6. The molecule has 37 heavy (non-hydrogen) atoms. The van der Waals surface area contributed by atoms with Crippen LogP contribution in [0.25, 0.3) is 10.9 Å². The third kappa shape index (κ3) is 6.52. The van der Waals surface area contributed by atoms with Crippen LogP contribution >= 0.6 is 34.8 Å². The third-order valence-electron chi connectivity index (χ3n) is 5.90. The van der Waals surface area contributed by atoms with Crippen molar-refractivity contribution in [3.63, 3.8) is 0 Å². The van der Waals surface area contributed by atoms with Crippen LogP contribution in [-0.4, -0.2) is 28.6 Å². The summed E-state index contributed by atoms with van der Waals surface area (Å²) in [5.74, 6) is -0.929. The van der Waals surface area contributed by atoms with Gasteiger partial charge in [-0.25, -0.2) is 5.43 Å². The van der Waals surface area contributed by atoms with Crippen LogP contribution in [0.1, 0.15) is 35.3 Å². The normalized spacial score (nSPS) is 12.3. The smallest absolute Gasteiger partial charge is 0.262 e. The lowest BCUT2D eigenvalue weighted by molar-refractivity contribution is -0.123. The first-order chi connectivity index (χ1) is 17.7. The number of hydrogen-bond acceptors (Lipinski definition) is 3. The topological polar surface area (TPSA) is 75.5 Å². The van der Waals surface area contributed by atoms with Crippen LogP contribution in [0, 0.1) is 5.92 Å². The maximum absolute atomic E-state index is 12.9. The zero-order chi connectivity index (χ0) is 26.5. The number of carbonyl (C=O) groups excluding carboxylic acids is 2. The summed E-state index contributed by atoms with van der Waals surface area (Å²) in [4.78, 5) is 25.5. The average Bonchev–Trinajstić information content (AvgIpc) is 3.21. The molecule has 9 heteroatoms. The Hall–Kier alpha value is -3.32. The predicted octanol–water partition coefficient (Wildman–Crippen LogP) is 6.55. The van der Waals surface area contributed by atoms with Gasteiger partial charge in [-0.15, -0.1) is 0 Å². The molecule has 0 saturated carbocycles. The minimum atomic E-state index is -0.770. The fourth-order valence-corrected chi connectivity index (χ4v) is 4.53. The molecular formula is C28H25Cl3N4O2. The first-order valence-corrected chi connectivity index (χ1v) is 12.8. The van der Waals surface area contributed by atoms with Crippen LogP contribution < -0.4 is 10.7 Å². The van der Waals surface area contributed by atoms with Crippen molar-refractivity contribution in [1.82, 2.24) is 15.3 Å². The van der Waals surface area contributed by atoms with Crippen LogP contribution in [0.15, 0.2) is 78.0 Å². The van der Waals surface area contributed by atoms with E-state index in [1.54, 1.807) is 36.5 Å². The molecule has 0 radical (unpaired) electrons. The van der Waals surface area contributed by atoms with Gasteiger partial charge in [-0.2, -0.15) is 5.10 Å². The van der Waals surface area contributed by atoms with E-state index in [0.29, 0.717) is 27.2 Å². The van der Waals surface area contributed by atoms with E-state index in [2.05, 4.69) is 20.4 Å². The molecule has 190 valence electrons. The van der Waals surface area contributed by atoms with Gasteiger partial charge in [-0.1, -0.05) is 72.9 Å². The second-order valence-corrected chi connectivity index (χ2v) is 10.2. The van der Waals surface area contributed by atoms with E-state index in [4.69, 9.17) is 34.8 Å². The van der Waals surface area contributed by atoms with Gasteiger partial charge in [-0.3, -0.25) is 9.59 Å². The number of nitrogens with one attached hydrogen (secondary N) is 2. The molecule has 0 saturated heterocycles. The Kier molecular flexibility index (Phi) is 8.54. The average molecular weight is 556 g/mol. The molecule has 0 aliphatic heterocycles. The van der Waals surface area contributed by atoms with Crippen LogP contribution in [-0.2, 0) is 11.3 Å². The number of halogens is 3. The Morgan fingerprint density at radius 1 is 0.973 bits per heavy atom. The van der Waals surface area contributed by atoms with Gasteiger partial charge in [0.25, 0.3) is 11.8 Å². The summed E-state index contributed by atoms with van der Waals surface area (Å²) in [5, 5.41) is 9.64. The number of fused-ring (bicyclic) bond motifs is 1. The molecule has 3 aromatic carbocycles. The quantitative estimate of drug-likeness (QED) is 0.191. The lowest BCUT2D eigenvalue weighted by Gasteiger charge is -2.20. The molecule has 4 aromatic rings. The van der Waals surface area contributed by atoms with E-state index in [1.807, 2.05) is 56.4 Å². The summed E-state index contributed by atoms with van der Waals surface area (Å²) in [6.45, 7) is 4.25. The van der Waals surface area contributed by atoms with Crippen molar-refractivity contribution in [2.75, 3.05) is 0 Å². The van der Waals surface area contributed by atoms with Crippen LogP contribution in [0.3, 0.4) is 0 Å². The molecular weight excluding hydrogens is 531 g/mol. The fraction of sp³-hybridized carbons (Fsp3) is 0.179. The molecule has 0 aliphatic carbocycles. The molecule has 1 heterocycles. The van der Waals surface area contributed by atoms with Crippen LogP contribution in [0.5, 0.6) is 0 Å². The highest BCUT2D eigenvalue weighted by Crippen LogP contribution is 2.25. The standard InChI is InChI=1S/C28H25Cl3N4O2/c1-17(2)26(33-27(36)18-7-10-21(29)11-8-18)28(37)34-32-14-20-16-35(25-6-4-3-5-23(20)25)15-19-9-12-22(30)13-24(19)31/h3-14,16-17,26H,15H2,1-2H3,(H,33,36)(H,34,37). The lowest BCUT2D eigenvalue weighted by Crippen LogP contribution is -2.48. The van der Waals surface area contributed by atoms with Gasteiger partial charge < -0.3 is 9.88 Å². The van der Waals surface area contributed by atoms with Crippen LogP contribution in [0.4, 0.5) is 0 Å². The van der Waals surface area contributed by atoms with Gasteiger partial charge in [0.05, 0.1) is 6.21 Å². The summed E-state index contributed by atoms with van der Waals surface area (Å²) >= 11 is 18.3. The Morgan fingerprint density at radius 3 is 2.38 bits per heavy atom. The van der Waals surface area contributed by atoms with Gasteiger partial charge in [0.1, 0.15) is 6.04 Å². The minimum Gasteiger partial charge on any atom is -0.342 e. The number of hydrogen-bond donors (Lipinski definition) is 2. The van der Waals surface area contributed by atoms with Gasteiger partial charge >= 0.3 is 0 Å². The number of hydrazone groups is 1. The van der Waals surface area contributed by atoms with Gasteiger partial charge in [0.2, 0.25) is 0 Å². The lowest BCUT2D eigenvalue weighted by atomic mass is 10.0.